The Morgan fingerprint density at radius 1 is 0.821 bits per heavy atom. The molecule has 136 valence electrons. The Hall–Kier alpha value is -2.91. The van der Waals surface area contributed by atoms with E-state index in [0.29, 0.717) is 0 Å². The molecule has 28 heavy (non-hydrogen) atoms. The van der Waals surface area contributed by atoms with Crippen molar-refractivity contribution in [3.05, 3.63) is 94.5 Å². The third kappa shape index (κ3) is 2.92. The van der Waals surface area contributed by atoms with Crippen LogP contribution in [0.1, 0.15) is 11.1 Å². The maximum atomic E-state index is 5.34. The van der Waals surface area contributed by atoms with Gasteiger partial charge < -0.3 is 4.74 Å². The lowest BCUT2D eigenvalue weighted by molar-refractivity contribution is 0.415. The van der Waals surface area contributed by atoms with Crippen molar-refractivity contribution in [1.82, 2.24) is 4.98 Å². The molecule has 0 radical (unpaired) electrons. The fourth-order valence-electron chi connectivity index (χ4n) is 3.87. The molecule has 0 unspecified atom stereocenters. The summed E-state index contributed by atoms with van der Waals surface area (Å²) in [5.74, 6) is 0.867. The molecule has 1 heterocycles. The predicted octanol–water partition coefficient (Wildman–Crippen LogP) is 6.76. The molecule has 0 spiro atoms. The van der Waals surface area contributed by atoms with Gasteiger partial charge in [-0.15, -0.1) is 0 Å². The summed E-state index contributed by atoms with van der Waals surface area (Å²) in [4.78, 5) is 5.07. The van der Waals surface area contributed by atoms with Gasteiger partial charge >= 0.3 is 0 Å². The number of ether oxygens (including phenoxy) is 1. The second kappa shape index (κ2) is 6.92. The van der Waals surface area contributed by atoms with Crippen LogP contribution >= 0.6 is 15.9 Å². The number of fused-ring (bicyclic) bond motifs is 3. The Kier molecular flexibility index (Phi) is 4.25. The van der Waals surface area contributed by atoms with Gasteiger partial charge in [0.15, 0.2) is 0 Å². The Labute approximate surface area is 173 Å². The summed E-state index contributed by atoms with van der Waals surface area (Å²) in [6.45, 7) is 0. The van der Waals surface area contributed by atoms with Gasteiger partial charge in [-0.05, 0) is 52.6 Å². The summed E-state index contributed by atoms with van der Waals surface area (Å²) >= 11 is 3.52. The molecule has 0 saturated heterocycles. The molecule has 0 amide bonds. The molecule has 5 rings (SSSR count). The highest BCUT2D eigenvalue weighted by Gasteiger charge is 2.24. The van der Waals surface area contributed by atoms with Gasteiger partial charge in [-0.2, -0.15) is 0 Å². The van der Waals surface area contributed by atoms with Crippen LogP contribution in [0.15, 0.2) is 83.3 Å². The molecule has 0 fully saturated rings. The second-order valence-electron chi connectivity index (χ2n) is 6.95. The van der Waals surface area contributed by atoms with Crippen LogP contribution in [0.2, 0.25) is 0 Å². The number of hydrogen-bond donors (Lipinski definition) is 0. The summed E-state index contributed by atoms with van der Waals surface area (Å²) < 4.78 is 6.40. The Morgan fingerprint density at radius 2 is 1.54 bits per heavy atom. The zero-order valence-corrected chi connectivity index (χ0v) is 17.0. The van der Waals surface area contributed by atoms with Crippen molar-refractivity contribution in [1.29, 1.82) is 0 Å². The first-order valence-corrected chi connectivity index (χ1v) is 10.0. The molecule has 1 aromatic heterocycles. The Balaban J connectivity index is 1.73. The first kappa shape index (κ1) is 17.2. The third-order valence-electron chi connectivity index (χ3n) is 5.30. The fraction of sp³-hybridized carbons (Fsp3) is 0.0800. The SMILES string of the molecule is COc1ccc(-c2cc(-c3ccc(Br)cc3)nc3c2Cc2ccccc2-3)cc1. The van der Waals surface area contributed by atoms with Crippen molar-refractivity contribution in [3.63, 3.8) is 0 Å². The van der Waals surface area contributed by atoms with E-state index in [0.717, 1.165) is 33.6 Å². The van der Waals surface area contributed by atoms with Crippen LogP contribution in [-0.4, -0.2) is 12.1 Å². The van der Waals surface area contributed by atoms with Gasteiger partial charge in [0.1, 0.15) is 5.75 Å². The van der Waals surface area contributed by atoms with Gasteiger partial charge in [-0.25, -0.2) is 4.98 Å². The summed E-state index contributed by atoms with van der Waals surface area (Å²) in [6, 6.07) is 27.4. The van der Waals surface area contributed by atoms with Crippen LogP contribution in [0, 0.1) is 0 Å². The van der Waals surface area contributed by atoms with E-state index in [-0.39, 0.29) is 0 Å². The molecule has 0 aliphatic heterocycles. The third-order valence-corrected chi connectivity index (χ3v) is 5.83. The molecule has 0 atom stereocenters. The molecular formula is C25H18BrNO. The van der Waals surface area contributed by atoms with E-state index >= 15 is 0 Å². The van der Waals surface area contributed by atoms with Crippen molar-refractivity contribution in [2.45, 2.75) is 6.42 Å². The number of nitrogens with zero attached hydrogens (tertiary/aromatic N) is 1. The standard InChI is InChI=1S/C25H18BrNO/c1-28-20-12-8-16(9-13-20)22-15-24(17-6-10-19(26)11-7-17)27-25-21-5-3-2-4-18(21)14-23(22)25/h2-13,15H,14H2,1H3. The van der Waals surface area contributed by atoms with Crippen molar-refractivity contribution in [3.8, 4) is 39.4 Å². The fourth-order valence-corrected chi connectivity index (χ4v) is 4.13. The molecular weight excluding hydrogens is 410 g/mol. The lowest BCUT2D eigenvalue weighted by Crippen LogP contribution is -1.94. The first-order valence-electron chi connectivity index (χ1n) is 9.25. The Morgan fingerprint density at radius 3 is 2.29 bits per heavy atom. The maximum Gasteiger partial charge on any atom is 0.118 e. The minimum atomic E-state index is 0.867. The van der Waals surface area contributed by atoms with Gasteiger partial charge in [-0.3, -0.25) is 0 Å². The van der Waals surface area contributed by atoms with E-state index in [2.05, 4.69) is 82.7 Å². The summed E-state index contributed by atoms with van der Waals surface area (Å²) in [5.41, 5.74) is 9.51. The summed E-state index contributed by atoms with van der Waals surface area (Å²) in [5, 5.41) is 0. The second-order valence-corrected chi connectivity index (χ2v) is 7.87. The number of benzene rings is 3. The highest BCUT2D eigenvalue weighted by atomic mass is 79.9. The molecule has 1 aliphatic rings. The van der Waals surface area contributed by atoms with Crippen LogP contribution in [0.5, 0.6) is 5.75 Å². The zero-order valence-electron chi connectivity index (χ0n) is 15.4. The van der Waals surface area contributed by atoms with Crippen LogP contribution in [0.25, 0.3) is 33.6 Å². The number of aromatic nitrogens is 1. The zero-order chi connectivity index (χ0) is 19.1. The van der Waals surface area contributed by atoms with E-state index in [4.69, 9.17) is 9.72 Å². The lowest BCUT2D eigenvalue weighted by atomic mass is 9.96. The number of rotatable bonds is 3. The smallest absolute Gasteiger partial charge is 0.118 e. The molecule has 0 N–H and O–H groups in total. The van der Waals surface area contributed by atoms with E-state index in [1.807, 2.05) is 12.1 Å². The maximum absolute atomic E-state index is 5.34. The number of pyridine rings is 1. The Bertz CT molecular complexity index is 1160. The number of halogens is 1. The minimum Gasteiger partial charge on any atom is -0.497 e. The molecule has 0 bridgehead atoms. The largest absolute Gasteiger partial charge is 0.497 e. The average molecular weight is 428 g/mol. The van der Waals surface area contributed by atoms with Crippen molar-refractivity contribution >= 4 is 15.9 Å². The van der Waals surface area contributed by atoms with Gasteiger partial charge in [0.2, 0.25) is 0 Å². The molecule has 1 aliphatic carbocycles. The number of hydrogen-bond acceptors (Lipinski definition) is 2. The predicted molar refractivity (Wildman–Crippen MR) is 118 cm³/mol. The van der Waals surface area contributed by atoms with Gasteiger partial charge in [0.05, 0.1) is 18.5 Å². The van der Waals surface area contributed by atoms with Crippen LogP contribution in [0.4, 0.5) is 0 Å². The topological polar surface area (TPSA) is 22.1 Å². The average Bonchev–Trinajstić information content (AvgIpc) is 3.12. The highest BCUT2D eigenvalue weighted by Crippen LogP contribution is 2.42. The molecule has 2 nitrogen and oxygen atoms in total. The van der Waals surface area contributed by atoms with Crippen molar-refractivity contribution < 1.29 is 4.74 Å². The van der Waals surface area contributed by atoms with Crippen LogP contribution < -0.4 is 4.74 Å². The first-order chi connectivity index (χ1) is 13.7. The van der Waals surface area contributed by atoms with Crippen LogP contribution in [0.3, 0.4) is 0 Å². The monoisotopic (exact) mass is 427 g/mol. The van der Waals surface area contributed by atoms with E-state index in [9.17, 15) is 0 Å². The van der Waals surface area contributed by atoms with Crippen LogP contribution in [-0.2, 0) is 6.42 Å². The molecule has 0 saturated carbocycles. The lowest BCUT2D eigenvalue weighted by Gasteiger charge is -2.13. The number of methoxy groups -OCH3 is 1. The highest BCUT2D eigenvalue weighted by molar-refractivity contribution is 9.10. The minimum absolute atomic E-state index is 0.867. The van der Waals surface area contributed by atoms with Crippen molar-refractivity contribution in [2.24, 2.45) is 0 Å². The van der Waals surface area contributed by atoms with E-state index in [1.165, 1.54) is 27.8 Å². The molecule has 4 aromatic rings. The van der Waals surface area contributed by atoms with Gasteiger partial charge in [-0.1, -0.05) is 64.5 Å². The molecule has 3 aromatic carbocycles. The summed E-state index contributed by atoms with van der Waals surface area (Å²) in [6.07, 6.45) is 0.917. The quantitative estimate of drug-likeness (QED) is 0.317. The van der Waals surface area contributed by atoms with Gasteiger partial charge in [0, 0.05) is 22.0 Å². The normalized spacial score (nSPS) is 11.8. The van der Waals surface area contributed by atoms with E-state index in [1.54, 1.807) is 7.11 Å². The van der Waals surface area contributed by atoms with Gasteiger partial charge in [0.25, 0.3) is 0 Å². The van der Waals surface area contributed by atoms with E-state index < -0.39 is 0 Å². The van der Waals surface area contributed by atoms with Crippen molar-refractivity contribution in [2.75, 3.05) is 7.11 Å². The molecule has 3 heteroatoms. The summed E-state index contributed by atoms with van der Waals surface area (Å²) in [7, 11) is 1.70.